The maximum Gasteiger partial charge on any atom is 0.316 e. The summed E-state index contributed by atoms with van der Waals surface area (Å²) in [7, 11) is 0. The first-order valence-corrected chi connectivity index (χ1v) is 2.30. The fourth-order valence-corrected chi connectivity index (χ4v) is 0.150. The minimum atomic E-state index is -1.21. The van der Waals surface area contributed by atoms with Crippen molar-refractivity contribution in [3.8, 4) is 0 Å². The van der Waals surface area contributed by atoms with Gasteiger partial charge in [-0.15, -0.1) is 0 Å². The van der Waals surface area contributed by atoms with Crippen LogP contribution in [0, 0.1) is 0 Å². The minimum Gasteiger partial charge on any atom is -0.394 e. The van der Waals surface area contributed by atoms with E-state index in [1.807, 2.05) is 0 Å². The van der Waals surface area contributed by atoms with E-state index in [4.69, 9.17) is 21.1 Å². The van der Waals surface area contributed by atoms with Crippen molar-refractivity contribution < 1.29 is 15.3 Å². The number of rotatable bonds is 3. The molecule has 5 N–H and O–H groups in total. The molecule has 0 aliphatic rings. The summed E-state index contributed by atoms with van der Waals surface area (Å²) < 4.78 is 0. The Balaban J connectivity index is -0.000000245. The molecule has 0 bridgehead atoms. The average molecular weight is 177 g/mol. The molecule has 0 rings (SSSR count). The van der Waals surface area contributed by atoms with E-state index >= 15 is 0 Å². The fourth-order valence-electron chi connectivity index (χ4n) is 0.150. The summed E-state index contributed by atoms with van der Waals surface area (Å²) in [6, 6.07) is 0. The summed E-state index contributed by atoms with van der Waals surface area (Å²) in [4.78, 5) is 0. The molecule has 0 saturated heterocycles. The Morgan fingerprint density at radius 1 is 1.00 bits per heavy atom. The Morgan fingerprint density at radius 3 is 1.20 bits per heavy atom. The van der Waals surface area contributed by atoms with Crippen molar-refractivity contribution in [1.82, 2.24) is 0 Å². The van der Waals surface area contributed by atoms with Gasteiger partial charge in [-0.3, -0.25) is 0 Å². The van der Waals surface area contributed by atoms with Gasteiger partial charge in [0.1, 0.15) is 0 Å². The van der Waals surface area contributed by atoms with E-state index in [0.717, 1.165) is 0 Å². The smallest absolute Gasteiger partial charge is 0.316 e. The molecular formula is C4H16AlMgNO3. The van der Waals surface area contributed by atoms with Crippen molar-refractivity contribution in [3.05, 3.63) is 0 Å². The monoisotopic (exact) mass is 177 g/mol. The largest absolute Gasteiger partial charge is 0.394 e. The summed E-state index contributed by atoms with van der Waals surface area (Å²) in [5.41, 5.74) is 3.94. The van der Waals surface area contributed by atoms with Gasteiger partial charge in [0.15, 0.2) is 17.4 Å². The van der Waals surface area contributed by atoms with Crippen LogP contribution in [-0.4, -0.2) is 81.1 Å². The third-order valence-electron chi connectivity index (χ3n) is 0.945. The van der Waals surface area contributed by atoms with E-state index in [0.29, 0.717) is 0 Å². The summed E-state index contributed by atoms with van der Waals surface area (Å²) in [6.07, 6.45) is 0. The van der Waals surface area contributed by atoms with Gasteiger partial charge in [0, 0.05) is 0 Å². The fraction of sp³-hybridized carbons (Fsp3) is 1.00. The normalized spacial score (nSPS) is 9.60. The lowest BCUT2D eigenvalue weighted by Gasteiger charge is -2.20. The molecule has 0 heterocycles. The van der Waals surface area contributed by atoms with Crippen LogP contribution in [0.3, 0.4) is 0 Å². The number of aliphatic hydroxyl groups excluding tert-OH is 3. The lowest BCUT2D eigenvalue weighted by atomic mass is 10.1. The average Bonchev–Trinajstić information content (AvgIpc) is 1.87. The number of hydrogen-bond acceptors (Lipinski definition) is 4. The zero-order chi connectivity index (χ0) is 6.62. The molecule has 0 aromatic carbocycles. The van der Waals surface area contributed by atoms with Gasteiger partial charge in [-0.25, -0.2) is 0 Å². The molecule has 0 radical (unpaired) electrons. The highest BCUT2D eigenvalue weighted by Gasteiger charge is 2.20. The molecule has 0 saturated carbocycles. The van der Waals surface area contributed by atoms with Gasteiger partial charge in [-0.2, -0.15) is 0 Å². The number of aliphatic hydroxyl groups is 3. The highest BCUT2D eigenvalue weighted by molar-refractivity contribution is 5.76. The van der Waals surface area contributed by atoms with Crippen LogP contribution in [-0.2, 0) is 0 Å². The summed E-state index contributed by atoms with van der Waals surface area (Å²) in [5, 5.41) is 25.0. The highest BCUT2D eigenvalue weighted by Crippen LogP contribution is 1.93. The Hall–Kier alpha value is 1.14. The Kier molecular flexibility index (Phi) is 14.2. The zero-order valence-electron chi connectivity index (χ0n) is 4.54. The Labute approximate surface area is 86.7 Å². The highest BCUT2D eigenvalue weighted by atomic mass is 27.0. The van der Waals surface area contributed by atoms with Crippen LogP contribution in [0.1, 0.15) is 0 Å². The van der Waals surface area contributed by atoms with E-state index in [1.165, 1.54) is 0 Å². The molecule has 6 heteroatoms. The van der Waals surface area contributed by atoms with E-state index in [-0.39, 0.29) is 40.4 Å². The molecule has 0 amide bonds. The second-order valence-corrected chi connectivity index (χ2v) is 1.84. The van der Waals surface area contributed by atoms with Gasteiger partial charge in [0.05, 0.1) is 25.4 Å². The number of nitrogens with two attached hydrogens (primary N) is 1. The predicted octanol–water partition coefficient (Wildman–Crippen LogP) is -4.44. The zero-order valence-corrected chi connectivity index (χ0v) is 4.54. The van der Waals surface area contributed by atoms with Crippen molar-refractivity contribution in [1.29, 1.82) is 0 Å². The van der Waals surface area contributed by atoms with Crippen LogP contribution in [0.4, 0.5) is 0 Å². The summed E-state index contributed by atoms with van der Waals surface area (Å²) >= 11 is 0. The first-order chi connectivity index (χ1) is 3.68. The van der Waals surface area contributed by atoms with Crippen molar-refractivity contribution in [2.75, 3.05) is 19.8 Å². The van der Waals surface area contributed by atoms with Gasteiger partial charge < -0.3 is 21.1 Å². The third kappa shape index (κ3) is 5.89. The molecule has 0 unspecified atom stereocenters. The predicted molar refractivity (Wildman–Crippen MR) is 46.7 cm³/mol. The van der Waals surface area contributed by atoms with Crippen LogP contribution in [0.5, 0.6) is 0 Å². The molecule has 4 nitrogen and oxygen atoms in total. The van der Waals surface area contributed by atoms with Crippen LogP contribution in [0.2, 0.25) is 0 Å². The Morgan fingerprint density at radius 2 is 1.20 bits per heavy atom. The number of hydrogen-bond donors (Lipinski definition) is 4. The van der Waals surface area contributed by atoms with Crippen LogP contribution in [0.25, 0.3) is 0 Å². The lowest BCUT2D eigenvalue weighted by Crippen LogP contribution is -2.50. The van der Waals surface area contributed by atoms with Gasteiger partial charge in [0.2, 0.25) is 0 Å². The quantitative estimate of drug-likeness (QED) is 0.328. The van der Waals surface area contributed by atoms with Crippen LogP contribution in [0.15, 0.2) is 0 Å². The van der Waals surface area contributed by atoms with Gasteiger partial charge in [0.25, 0.3) is 0 Å². The molecular weight excluding hydrogens is 161 g/mol. The second kappa shape index (κ2) is 8.24. The van der Waals surface area contributed by atoms with Crippen LogP contribution >= 0.6 is 0 Å². The maximum absolute atomic E-state index is 8.34. The van der Waals surface area contributed by atoms with E-state index < -0.39 is 25.4 Å². The molecule has 0 aromatic heterocycles. The molecule has 0 atom stereocenters. The van der Waals surface area contributed by atoms with Gasteiger partial charge >= 0.3 is 23.1 Å². The topological polar surface area (TPSA) is 86.7 Å². The van der Waals surface area contributed by atoms with Crippen LogP contribution < -0.4 is 5.73 Å². The molecule has 0 spiro atoms. The first-order valence-electron chi connectivity index (χ1n) is 2.30. The van der Waals surface area contributed by atoms with E-state index in [1.54, 1.807) is 0 Å². The molecule has 0 aromatic rings. The molecule has 60 valence electrons. The van der Waals surface area contributed by atoms with E-state index in [2.05, 4.69) is 0 Å². The van der Waals surface area contributed by atoms with E-state index in [9.17, 15) is 0 Å². The molecule has 0 aliphatic heterocycles. The Bertz CT molecular complexity index is 63.3. The summed E-state index contributed by atoms with van der Waals surface area (Å²) in [6.45, 7) is -1.21. The molecule has 0 fully saturated rings. The molecule has 0 aliphatic carbocycles. The van der Waals surface area contributed by atoms with Crippen molar-refractivity contribution in [2.24, 2.45) is 5.73 Å². The summed E-state index contributed by atoms with van der Waals surface area (Å²) in [5.74, 6) is 0. The maximum atomic E-state index is 8.34. The lowest BCUT2D eigenvalue weighted by molar-refractivity contribution is 0.0698. The standard InChI is InChI=1S/C4H11NO3.Al.Mg.5H/c5-4(1-6,2-7)3-8;;;;;;;/h6-8H,1-3,5H2;;;;;;;. The molecule has 10 heavy (non-hydrogen) atoms. The van der Waals surface area contributed by atoms with Gasteiger partial charge in [-0.1, -0.05) is 0 Å². The SMILES string of the molecule is NC(CO)(CO)CO.[AlH3].[MgH2]. The minimum absolute atomic E-state index is 0. The van der Waals surface area contributed by atoms with Gasteiger partial charge in [-0.05, 0) is 0 Å². The van der Waals surface area contributed by atoms with Crippen molar-refractivity contribution in [2.45, 2.75) is 5.54 Å². The first kappa shape index (κ1) is 17.3. The third-order valence-corrected chi connectivity index (χ3v) is 0.945. The van der Waals surface area contributed by atoms with Crippen molar-refractivity contribution >= 4 is 40.4 Å². The second-order valence-electron chi connectivity index (χ2n) is 1.84. The van der Waals surface area contributed by atoms with Crippen molar-refractivity contribution in [3.63, 3.8) is 0 Å².